The van der Waals surface area contributed by atoms with E-state index in [-0.39, 0.29) is 18.1 Å². The maximum Gasteiger partial charge on any atom is 0.237 e. The summed E-state index contributed by atoms with van der Waals surface area (Å²) in [6.07, 6.45) is 0.269. The number of tetrazole rings is 1. The Morgan fingerprint density at radius 3 is 2.71 bits per heavy atom. The lowest BCUT2D eigenvalue weighted by molar-refractivity contribution is -0.116. The van der Waals surface area contributed by atoms with Crippen LogP contribution in [-0.4, -0.2) is 38.4 Å². The van der Waals surface area contributed by atoms with Crippen molar-refractivity contribution in [3.63, 3.8) is 0 Å². The average Bonchev–Trinajstić information content (AvgIpc) is 3.18. The Labute approximate surface area is 168 Å². The molecule has 0 N–H and O–H groups in total. The van der Waals surface area contributed by atoms with Gasteiger partial charge in [-0.05, 0) is 53.6 Å². The van der Waals surface area contributed by atoms with E-state index < -0.39 is 0 Å². The van der Waals surface area contributed by atoms with Gasteiger partial charge in [-0.25, -0.2) is 0 Å². The molecule has 0 saturated heterocycles. The van der Waals surface area contributed by atoms with Gasteiger partial charge in [0, 0.05) is 12.2 Å². The van der Waals surface area contributed by atoms with E-state index in [1.54, 1.807) is 9.58 Å². The van der Waals surface area contributed by atoms with E-state index >= 15 is 0 Å². The standard InChI is InChI=1S/C20H20N6OS/c1-15-8-6-11-18(16(15)2)26-20(22-23-24-26)28-14-19(27)25(13-7-12-21)17-9-4-3-5-10-17/h3-6,8-11H,7,13-14H2,1-2H3. The van der Waals surface area contributed by atoms with Crippen molar-refractivity contribution in [2.75, 3.05) is 17.2 Å². The van der Waals surface area contributed by atoms with Crippen LogP contribution in [-0.2, 0) is 4.79 Å². The lowest BCUT2D eigenvalue weighted by atomic mass is 10.1. The quantitative estimate of drug-likeness (QED) is 0.573. The van der Waals surface area contributed by atoms with Gasteiger partial charge in [0.25, 0.3) is 0 Å². The number of hydrogen-bond acceptors (Lipinski definition) is 6. The average molecular weight is 392 g/mol. The molecule has 0 radical (unpaired) electrons. The third-order valence-corrected chi connectivity index (χ3v) is 5.29. The zero-order chi connectivity index (χ0) is 19.9. The summed E-state index contributed by atoms with van der Waals surface area (Å²) in [5, 5.41) is 21.4. The number of carbonyl (C=O) groups is 1. The van der Waals surface area contributed by atoms with E-state index in [2.05, 4.69) is 21.6 Å². The summed E-state index contributed by atoms with van der Waals surface area (Å²) in [4.78, 5) is 14.5. The fourth-order valence-corrected chi connectivity index (χ4v) is 3.52. The van der Waals surface area contributed by atoms with Crippen LogP contribution in [0.1, 0.15) is 17.5 Å². The van der Waals surface area contributed by atoms with Gasteiger partial charge in [0.15, 0.2) is 0 Å². The van der Waals surface area contributed by atoms with Gasteiger partial charge >= 0.3 is 0 Å². The molecule has 3 rings (SSSR count). The summed E-state index contributed by atoms with van der Waals surface area (Å²) >= 11 is 1.28. The Hall–Kier alpha value is -3.18. The van der Waals surface area contributed by atoms with Crippen molar-refractivity contribution >= 4 is 23.4 Å². The Morgan fingerprint density at radius 1 is 1.18 bits per heavy atom. The first-order valence-electron chi connectivity index (χ1n) is 8.82. The zero-order valence-electron chi connectivity index (χ0n) is 15.7. The van der Waals surface area contributed by atoms with E-state index in [1.807, 2.05) is 62.4 Å². The minimum Gasteiger partial charge on any atom is -0.311 e. The van der Waals surface area contributed by atoms with E-state index in [4.69, 9.17) is 5.26 Å². The first kappa shape index (κ1) is 19.6. The second-order valence-corrected chi connectivity index (χ2v) is 7.11. The van der Waals surface area contributed by atoms with Crippen molar-refractivity contribution < 1.29 is 4.79 Å². The van der Waals surface area contributed by atoms with Crippen LogP contribution in [0.4, 0.5) is 5.69 Å². The van der Waals surface area contributed by atoms with E-state index in [0.29, 0.717) is 11.7 Å². The van der Waals surface area contributed by atoms with Crippen LogP contribution in [0.5, 0.6) is 0 Å². The lowest BCUT2D eigenvalue weighted by Gasteiger charge is -2.21. The minimum absolute atomic E-state index is 0.0954. The molecule has 0 aliphatic rings. The SMILES string of the molecule is Cc1cccc(-n2nnnc2SCC(=O)N(CCC#N)c2ccccc2)c1C. The van der Waals surface area contributed by atoms with Crippen molar-refractivity contribution in [1.82, 2.24) is 20.2 Å². The monoisotopic (exact) mass is 392 g/mol. The van der Waals surface area contributed by atoms with E-state index in [0.717, 1.165) is 22.5 Å². The zero-order valence-corrected chi connectivity index (χ0v) is 16.6. The lowest BCUT2D eigenvalue weighted by Crippen LogP contribution is -2.33. The summed E-state index contributed by atoms with van der Waals surface area (Å²) in [5.41, 5.74) is 3.90. The number of aryl methyl sites for hydroxylation is 1. The molecule has 0 unspecified atom stereocenters. The number of thioether (sulfide) groups is 1. The van der Waals surface area contributed by atoms with Crippen molar-refractivity contribution in [3.8, 4) is 11.8 Å². The third-order valence-electron chi connectivity index (χ3n) is 4.39. The topological polar surface area (TPSA) is 87.7 Å². The molecule has 8 heteroatoms. The Balaban J connectivity index is 1.77. The molecule has 0 aliphatic carbocycles. The normalized spacial score (nSPS) is 10.5. The Morgan fingerprint density at radius 2 is 1.96 bits per heavy atom. The third kappa shape index (κ3) is 4.38. The van der Waals surface area contributed by atoms with Crippen molar-refractivity contribution in [3.05, 3.63) is 59.7 Å². The van der Waals surface area contributed by atoms with Gasteiger partial charge in [-0.1, -0.05) is 42.1 Å². The number of nitriles is 1. The highest BCUT2D eigenvalue weighted by molar-refractivity contribution is 7.99. The first-order valence-corrected chi connectivity index (χ1v) is 9.80. The number of amides is 1. The van der Waals surface area contributed by atoms with Gasteiger partial charge in [-0.2, -0.15) is 9.94 Å². The Bertz CT molecular complexity index is 995. The largest absolute Gasteiger partial charge is 0.311 e. The first-order chi connectivity index (χ1) is 13.6. The van der Waals surface area contributed by atoms with Gasteiger partial charge in [-0.15, -0.1) is 5.10 Å². The number of para-hydroxylation sites is 1. The summed E-state index contributed by atoms with van der Waals surface area (Å²) in [6.45, 7) is 4.40. The van der Waals surface area contributed by atoms with Gasteiger partial charge in [0.2, 0.25) is 11.1 Å². The van der Waals surface area contributed by atoms with E-state index in [1.165, 1.54) is 11.8 Å². The van der Waals surface area contributed by atoms with Crippen molar-refractivity contribution in [2.45, 2.75) is 25.4 Å². The molecule has 2 aromatic carbocycles. The maximum atomic E-state index is 12.8. The highest BCUT2D eigenvalue weighted by atomic mass is 32.2. The smallest absolute Gasteiger partial charge is 0.237 e. The number of hydrogen-bond donors (Lipinski definition) is 0. The molecule has 0 saturated carbocycles. The number of benzene rings is 2. The van der Waals surface area contributed by atoms with Gasteiger partial charge < -0.3 is 4.90 Å². The van der Waals surface area contributed by atoms with E-state index in [9.17, 15) is 4.79 Å². The van der Waals surface area contributed by atoms with Crippen LogP contribution >= 0.6 is 11.8 Å². The number of anilines is 1. The molecule has 0 bridgehead atoms. The molecular formula is C20H20N6OS. The maximum absolute atomic E-state index is 12.8. The summed E-state index contributed by atoms with van der Waals surface area (Å²) in [5.74, 6) is 0.0768. The second kappa shape index (κ2) is 9.15. The fraction of sp³-hybridized carbons (Fsp3) is 0.250. The molecule has 28 heavy (non-hydrogen) atoms. The number of carbonyl (C=O) groups excluding carboxylic acids is 1. The molecule has 1 heterocycles. The second-order valence-electron chi connectivity index (χ2n) is 6.17. The van der Waals surface area contributed by atoms with Crippen LogP contribution in [0, 0.1) is 25.2 Å². The Kier molecular flexibility index (Phi) is 6.40. The van der Waals surface area contributed by atoms with Crippen LogP contribution in [0.25, 0.3) is 5.69 Å². The molecule has 1 amide bonds. The molecule has 0 aliphatic heterocycles. The highest BCUT2D eigenvalue weighted by Crippen LogP contribution is 2.23. The van der Waals surface area contributed by atoms with Crippen LogP contribution in [0.2, 0.25) is 0 Å². The summed E-state index contributed by atoms with van der Waals surface area (Å²) in [7, 11) is 0. The van der Waals surface area contributed by atoms with Gasteiger partial charge in [-0.3, -0.25) is 4.79 Å². The fourth-order valence-electron chi connectivity index (χ4n) is 2.76. The molecular weight excluding hydrogens is 372 g/mol. The molecule has 3 aromatic rings. The molecule has 0 atom stereocenters. The van der Waals surface area contributed by atoms with Crippen molar-refractivity contribution in [1.29, 1.82) is 5.26 Å². The minimum atomic E-state index is -0.0954. The number of nitrogens with zero attached hydrogens (tertiary/aromatic N) is 6. The molecule has 0 fully saturated rings. The highest BCUT2D eigenvalue weighted by Gasteiger charge is 2.18. The van der Waals surface area contributed by atoms with Crippen LogP contribution in [0.15, 0.2) is 53.7 Å². The van der Waals surface area contributed by atoms with Gasteiger partial charge in [0.05, 0.1) is 23.9 Å². The summed E-state index contributed by atoms with van der Waals surface area (Å²) in [6, 6.07) is 17.4. The predicted octanol–water partition coefficient (Wildman–Crippen LogP) is 3.32. The predicted molar refractivity (Wildman–Crippen MR) is 108 cm³/mol. The number of aromatic nitrogens is 4. The van der Waals surface area contributed by atoms with Gasteiger partial charge in [0.1, 0.15) is 0 Å². The molecule has 0 spiro atoms. The van der Waals surface area contributed by atoms with Crippen LogP contribution in [0.3, 0.4) is 0 Å². The van der Waals surface area contributed by atoms with Crippen LogP contribution < -0.4 is 4.90 Å². The molecule has 142 valence electrons. The molecule has 7 nitrogen and oxygen atoms in total. The number of rotatable bonds is 7. The molecule has 1 aromatic heterocycles. The van der Waals surface area contributed by atoms with Crippen molar-refractivity contribution in [2.24, 2.45) is 0 Å². The summed E-state index contributed by atoms with van der Waals surface area (Å²) < 4.78 is 1.66.